The van der Waals surface area contributed by atoms with E-state index in [4.69, 9.17) is 21.3 Å². The van der Waals surface area contributed by atoms with Crippen molar-refractivity contribution in [1.29, 1.82) is 0 Å². The van der Waals surface area contributed by atoms with Crippen LogP contribution in [0.3, 0.4) is 0 Å². The quantitative estimate of drug-likeness (QED) is 0.275. The molecule has 0 N–H and O–H groups in total. The van der Waals surface area contributed by atoms with Gasteiger partial charge in [-0.25, -0.2) is 9.79 Å². The van der Waals surface area contributed by atoms with Gasteiger partial charge in [0.2, 0.25) is 0 Å². The zero-order valence-electron chi connectivity index (χ0n) is 18.2. The van der Waals surface area contributed by atoms with Crippen molar-refractivity contribution in [1.82, 2.24) is 4.57 Å². The van der Waals surface area contributed by atoms with Crippen molar-refractivity contribution in [2.75, 3.05) is 6.61 Å². The van der Waals surface area contributed by atoms with E-state index in [0.717, 1.165) is 58.0 Å². The molecule has 4 nitrogen and oxygen atoms in total. The number of para-hydroxylation sites is 1. The standard InChI is InChI=1S/C26H23ClN2O2S2/c1-2-31-25(30)23-20-10-6-7-11-22(20)33-24(23)28-26-29(19-8-4-3-5-9-19)21(16-32-26)17-12-14-18(27)15-13-17/h3-5,8-9,12-16H,2,6-7,10-11H2,1H3. The smallest absolute Gasteiger partial charge is 0.341 e. The van der Waals surface area contributed by atoms with E-state index in [-0.39, 0.29) is 5.97 Å². The summed E-state index contributed by atoms with van der Waals surface area (Å²) in [5.41, 5.74) is 4.88. The number of aromatic nitrogens is 1. The normalized spacial score (nSPS) is 13.7. The first-order valence-electron chi connectivity index (χ1n) is 11.0. The third-order valence-electron chi connectivity index (χ3n) is 5.69. The number of carbonyl (C=O) groups is 1. The number of aryl methyl sites for hydroxylation is 1. The molecule has 2 aromatic carbocycles. The Morgan fingerprint density at radius 1 is 1.09 bits per heavy atom. The Morgan fingerprint density at radius 2 is 1.85 bits per heavy atom. The van der Waals surface area contributed by atoms with Gasteiger partial charge >= 0.3 is 5.97 Å². The van der Waals surface area contributed by atoms with Crippen molar-refractivity contribution in [2.45, 2.75) is 32.6 Å². The van der Waals surface area contributed by atoms with E-state index in [1.807, 2.05) is 49.4 Å². The lowest BCUT2D eigenvalue weighted by atomic mass is 9.95. The van der Waals surface area contributed by atoms with E-state index in [9.17, 15) is 4.79 Å². The van der Waals surface area contributed by atoms with Crippen molar-refractivity contribution in [2.24, 2.45) is 4.99 Å². The number of nitrogens with zero attached hydrogens (tertiary/aromatic N) is 2. The van der Waals surface area contributed by atoms with Crippen LogP contribution in [0.1, 0.15) is 40.6 Å². The van der Waals surface area contributed by atoms with Crippen molar-refractivity contribution >= 4 is 45.2 Å². The number of thiophene rings is 1. The molecular weight excluding hydrogens is 472 g/mol. The molecule has 0 aliphatic heterocycles. The highest BCUT2D eigenvalue weighted by Crippen LogP contribution is 2.40. The second kappa shape index (κ2) is 9.67. The van der Waals surface area contributed by atoms with Crippen LogP contribution < -0.4 is 4.80 Å². The van der Waals surface area contributed by atoms with Crippen LogP contribution in [0.2, 0.25) is 5.02 Å². The highest BCUT2D eigenvalue weighted by molar-refractivity contribution is 7.16. The minimum absolute atomic E-state index is 0.267. The van der Waals surface area contributed by atoms with Gasteiger partial charge in [-0.3, -0.25) is 4.57 Å². The molecule has 0 amide bonds. The lowest BCUT2D eigenvalue weighted by Gasteiger charge is -2.12. The number of benzene rings is 2. The molecule has 0 saturated carbocycles. The Kier molecular flexibility index (Phi) is 6.49. The topological polar surface area (TPSA) is 43.6 Å². The number of esters is 1. The van der Waals surface area contributed by atoms with E-state index < -0.39 is 0 Å². The third-order valence-corrected chi connectivity index (χ3v) is 7.96. The molecule has 1 aliphatic carbocycles. The van der Waals surface area contributed by atoms with Crippen LogP contribution in [-0.4, -0.2) is 17.1 Å². The maximum atomic E-state index is 12.9. The Balaban J connectivity index is 1.72. The number of hydrogen-bond acceptors (Lipinski definition) is 5. The Labute approximate surface area is 205 Å². The number of halogens is 1. The zero-order chi connectivity index (χ0) is 22.8. The first-order chi connectivity index (χ1) is 16.2. The molecule has 5 rings (SSSR count). The summed E-state index contributed by atoms with van der Waals surface area (Å²) < 4.78 is 7.56. The number of thiazole rings is 1. The van der Waals surface area contributed by atoms with Gasteiger partial charge in [-0.15, -0.1) is 22.7 Å². The summed E-state index contributed by atoms with van der Waals surface area (Å²) >= 11 is 9.32. The Bertz CT molecular complexity index is 1350. The minimum atomic E-state index is -0.267. The molecule has 0 bridgehead atoms. The van der Waals surface area contributed by atoms with Crippen LogP contribution in [0, 0.1) is 0 Å². The van der Waals surface area contributed by atoms with E-state index >= 15 is 0 Å². The van der Waals surface area contributed by atoms with Gasteiger partial charge in [0.15, 0.2) is 4.80 Å². The Hall–Kier alpha value is -2.67. The molecule has 168 valence electrons. The largest absolute Gasteiger partial charge is 0.462 e. The van der Waals surface area contributed by atoms with Crippen LogP contribution in [-0.2, 0) is 17.6 Å². The lowest BCUT2D eigenvalue weighted by molar-refractivity contribution is 0.0526. The monoisotopic (exact) mass is 494 g/mol. The number of hydrogen-bond donors (Lipinski definition) is 0. The first-order valence-corrected chi connectivity index (χ1v) is 13.1. The van der Waals surface area contributed by atoms with E-state index in [2.05, 4.69) is 22.1 Å². The lowest BCUT2D eigenvalue weighted by Crippen LogP contribution is -2.14. The average Bonchev–Trinajstić information content (AvgIpc) is 3.41. The maximum absolute atomic E-state index is 12.9. The van der Waals surface area contributed by atoms with E-state index in [1.165, 1.54) is 4.88 Å². The van der Waals surface area contributed by atoms with Crippen molar-refractivity contribution in [3.05, 3.63) is 85.8 Å². The molecule has 4 aromatic rings. The van der Waals surface area contributed by atoms with E-state index in [0.29, 0.717) is 17.2 Å². The molecule has 0 fully saturated rings. The molecule has 0 radical (unpaired) electrons. The maximum Gasteiger partial charge on any atom is 0.341 e. The number of ether oxygens (including phenoxy) is 1. The fraction of sp³-hybridized carbons (Fsp3) is 0.231. The Morgan fingerprint density at radius 3 is 2.61 bits per heavy atom. The summed E-state index contributed by atoms with van der Waals surface area (Å²) in [6.45, 7) is 2.20. The summed E-state index contributed by atoms with van der Waals surface area (Å²) in [6, 6.07) is 18.0. The van der Waals surface area contributed by atoms with Gasteiger partial charge < -0.3 is 4.74 Å². The second-order valence-electron chi connectivity index (χ2n) is 7.80. The zero-order valence-corrected chi connectivity index (χ0v) is 20.6. The summed E-state index contributed by atoms with van der Waals surface area (Å²) in [6.07, 6.45) is 4.16. The molecule has 0 unspecified atom stereocenters. The average molecular weight is 495 g/mol. The van der Waals surface area contributed by atoms with Gasteiger partial charge in [-0.05, 0) is 68.0 Å². The molecule has 33 heavy (non-hydrogen) atoms. The number of rotatable bonds is 5. The molecule has 0 saturated heterocycles. The van der Waals surface area contributed by atoms with Crippen LogP contribution in [0.5, 0.6) is 0 Å². The van der Waals surface area contributed by atoms with Crippen LogP contribution in [0.15, 0.2) is 65.0 Å². The van der Waals surface area contributed by atoms with E-state index in [1.54, 1.807) is 22.7 Å². The van der Waals surface area contributed by atoms with Gasteiger partial charge in [0.25, 0.3) is 0 Å². The third kappa shape index (κ3) is 4.43. The second-order valence-corrected chi connectivity index (χ2v) is 10.2. The summed E-state index contributed by atoms with van der Waals surface area (Å²) in [7, 11) is 0. The number of carbonyl (C=O) groups excluding carboxylic acids is 1. The molecule has 0 atom stereocenters. The van der Waals surface area contributed by atoms with Crippen molar-refractivity contribution < 1.29 is 9.53 Å². The fourth-order valence-corrected chi connectivity index (χ4v) is 6.51. The van der Waals surface area contributed by atoms with Gasteiger partial charge in [0.05, 0.1) is 17.9 Å². The minimum Gasteiger partial charge on any atom is -0.462 e. The van der Waals surface area contributed by atoms with Gasteiger partial charge in [0.1, 0.15) is 5.00 Å². The molecular formula is C26H23ClN2O2S2. The fourth-order valence-electron chi connectivity index (χ4n) is 4.17. The van der Waals surface area contributed by atoms with Crippen LogP contribution >= 0.6 is 34.3 Å². The highest BCUT2D eigenvalue weighted by Gasteiger charge is 2.26. The van der Waals surface area contributed by atoms with Gasteiger partial charge in [-0.2, -0.15) is 0 Å². The highest BCUT2D eigenvalue weighted by atomic mass is 35.5. The SMILES string of the molecule is CCOC(=O)c1c(N=c2scc(-c3ccc(Cl)cc3)n2-c2ccccc2)sc2c1CCCC2. The number of fused-ring (bicyclic) bond motifs is 1. The molecule has 2 heterocycles. The molecule has 1 aliphatic rings. The first kappa shape index (κ1) is 22.1. The summed E-state index contributed by atoms with van der Waals surface area (Å²) in [4.78, 5) is 20.1. The van der Waals surface area contributed by atoms with Crippen molar-refractivity contribution in [3.63, 3.8) is 0 Å². The van der Waals surface area contributed by atoms with Crippen molar-refractivity contribution in [3.8, 4) is 16.9 Å². The van der Waals surface area contributed by atoms with Crippen LogP contribution in [0.4, 0.5) is 5.00 Å². The van der Waals surface area contributed by atoms with Gasteiger partial charge in [-0.1, -0.05) is 41.9 Å². The van der Waals surface area contributed by atoms with Gasteiger partial charge in [0, 0.05) is 21.0 Å². The predicted octanol–water partition coefficient (Wildman–Crippen LogP) is 7.21. The molecule has 2 aromatic heterocycles. The van der Waals surface area contributed by atoms with Crippen LogP contribution in [0.25, 0.3) is 16.9 Å². The summed E-state index contributed by atoms with van der Waals surface area (Å²) in [5, 5.41) is 3.55. The summed E-state index contributed by atoms with van der Waals surface area (Å²) in [5.74, 6) is -0.267. The molecule has 7 heteroatoms. The predicted molar refractivity (Wildman–Crippen MR) is 136 cm³/mol. The molecule has 0 spiro atoms.